The number of nitrogens with zero attached hydrogens (tertiary/aromatic N) is 3. The van der Waals surface area contributed by atoms with Crippen molar-refractivity contribution >= 4 is 17.7 Å². The lowest BCUT2D eigenvalue weighted by atomic mass is 10.1. The largest absolute Gasteiger partial charge is 0.352 e. The van der Waals surface area contributed by atoms with Crippen LogP contribution in [0.4, 0.5) is 0 Å². The van der Waals surface area contributed by atoms with E-state index in [1.807, 2.05) is 31.2 Å². The molecule has 0 saturated heterocycles. The molecule has 1 amide bonds. The molecule has 1 aromatic heterocycles. The van der Waals surface area contributed by atoms with Crippen LogP contribution < -0.4 is 5.32 Å². The molecule has 0 saturated carbocycles. The molecule has 6 heteroatoms. The smallest absolute Gasteiger partial charge is 0.251 e. The minimum Gasteiger partial charge on any atom is -0.352 e. The van der Waals surface area contributed by atoms with Crippen LogP contribution in [0.1, 0.15) is 42.5 Å². The summed E-state index contributed by atoms with van der Waals surface area (Å²) < 4.78 is 2.10. The molecule has 0 atom stereocenters. The summed E-state index contributed by atoms with van der Waals surface area (Å²) in [5.41, 5.74) is 1.87. The third-order valence-electron chi connectivity index (χ3n) is 3.47. The molecule has 1 N–H and O–H groups in total. The van der Waals surface area contributed by atoms with Crippen molar-refractivity contribution in [1.29, 1.82) is 0 Å². The Balaban J connectivity index is 1.93. The number of hydrogen-bond donors (Lipinski definition) is 1. The van der Waals surface area contributed by atoms with Gasteiger partial charge in [0.05, 0.1) is 0 Å². The lowest BCUT2D eigenvalue weighted by Crippen LogP contribution is -2.27. The van der Waals surface area contributed by atoms with Crippen molar-refractivity contribution in [3.05, 3.63) is 41.2 Å². The predicted molar refractivity (Wildman–Crippen MR) is 93.6 cm³/mol. The van der Waals surface area contributed by atoms with E-state index in [4.69, 9.17) is 0 Å². The van der Waals surface area contributed by atoms with Gasteiger partial charge in [0.1, 0.15) is 5.82 Å². The molecule has 5 nitrogen and oxygen atoms in total. The van der Waals surface area contributed by atoms with E-state index in [0.29, 0.717) is 18.0 Å². The summed E-state index contributed by atoms with van der Waals surface area (Å²) in [4.78, 5) is 12.0. The number of amides is 1. The SMILES string of the molecule is CCn1c(C)nnc1SCc1ccc(C(=O)NCC(C)C)cc1. The van der Waals surface area contributed by atoms with Gasteiger partial charge in [0, 0.05) is 24.4 Å². The number of aryl methyl sites for hydroxylation is 1. The topological polar surface area (TPSA) is 59.8 Å². The molecule has 0 spiro atoms. The molecule has 2 rings (SSSR count). The Morgan fingerprint density at radius 3 is 2.57 bits per heavy atom. The highest BCUT2D eigenvalue weighted by Crippen LogP contribution is 2.22. The average Bonchev–Trinajstić information content (AvgIpc) is 2.91. The van der Waals surface area contributed by atoms with E-state index in [2.05, 4.69) is 40.9 Å². The monoisotopic (exact) mass is 332 g/mol. The van der Waals surface area contributed by atoms with Gasteiger partial charge < -0.3 is 9.88 Å². The van der Waals surface area contributed by atoms with Crippen molar-refractivity contribution in [2.24, 2.45) is 5.92 Å². The Labute approximate surface area is 141 Å². The van der Waals surface area contributed by atoms with Crippen molar-refractivity contribution in [1.82, 2.24) is 20.1 Å². The van der Waals surface area contributed by atoms with Gasteiger partial charge in [0.2, 0.25) is 0 Å². The van der Waals surface area contributed by atoms with Crippen LogP contribution in [0.15, 0.2) is 29.4 Å². The fraction of sp³-hybridized carbons (Fsp3) is 0.471. The molecule has 0 aliphatic heterocycles. The van der Waals surface area contributed by atoms with Gasteiger partial charge in [-0.25, -0.2) is 0 Å². The molecular weight excluding hydrogens is 308 g/mol. The summed E-state index contributed by atoms with van der Waals surface area (Å²) in [7, 11) is 0. The van der Waals surface area contributed by atoms with E-state index >= 15 is 0 Å². The van der Waals surface area contributed by atoms with E-state index in [9.17, 15) is 4.79 Å². The third-order valence-corrected chi connectivity index (χ3v) is 4.51. The molecule has 0 fully saturated rings. The summed E-state index contributed by atoms with van der Waals surface area (Å²) >= 11 is 1.66. The van der Waals surface area contributed by atoms with Crippen molar-refractivity contribution in [3.63, 3.8) is 0 Å². The summed E-state index contributed by atoms with van der Waals surface area (Å²) in [6, 6.07) is 7.75. The Hall–Kier alpha value is -1.82. The quantitative estimate of drug-likeness (QED) is 0.791. The van der Waals surface area contributed by atoms with Gasteiger partial charge in [-0.3, -0.25) is 4.79 Å². The van der Waals surface area contributed by atoms with Gasteiger partial charge in [0.15, 0.2) is 5.16 Å². The van der Waals surface area contributed by atoms with Gasteiger partial charge in [0.25, 0.3) is 5.91 Å². The highest BCUT2D eigenvalue weighted by atomic mass is 32.2. The molecule has 23 heavy (non-hydrogen) atoms. The second kappa shape index (κ2) is 8.15. The van der Waals surface area contributed by atoms with Crippen LogP contribution in [0.5, 0.6) is 0 Å². The number of benzene rings is 1. The summed E-state index contributed by atoms with van der Waals surface area (Å²) in [5.74, 6) is 2.19. The van der Waals surface area contributed by atoms with E-state index in [1.165, 1.54) is 5.56 Å². The van der Waals surface area contributed by atoms with Gasteiger partial charge in [-0.2, -0.15) is 0 Å². The number of carbonyl (C=O) groups excluding carboxylic acids is 1. The molecule has 0 bridgehead atoms. The van der Waals surface area contributed by atoms with Gasteiger partial charge in [-0.05, 0) is 37.5 Å². The molecular formula is C17H24N4OS. The zero-order valence-corrected chi connectivity index (χ0v) is 15.0. The van der Waals surface area contributed by atoms with Crippen molar-refractivity contribution in [2.45, 2.75) is 45.1 Å². The molecule has 0 aliphatic rings. The van der Waals surface area contributed by atoms with Crippen LogP contribution in [0.2, 0.25) is 0 Å². The molecule has 0 unspecified atom stereocenters. The molecule has 124 valence electrons. The normalized spacial score (nSPS) is 11.0. The zero-order chi connectivity index (χ0) is 16.8. The minimum atomic E-state index is -0.0146. The number of thioether (sulfide) groups is 1. The standard InChI is InChI=1S/C17H24N4OS/c1-5-21-13(4)19-20-17(21)23-11-14-6-8-15(9-7-14)16(22)18-10-12(2)3/h6-9,12H,5,10-11H2,1-4H3,(H,18,22). The summed E-state index contributed by atoms with van der Waals surface area (Å²) in [6.45, 7) is 9.78. The Bertz CT molecular complexity index is 649. The van der Waals surface area contributed by atoms with E-state index in [1.54, 1.807) is 11.8 Å². The van der Waals surface area contributed by atoms with E-state index in [-0.39, 0.29) is 5.91 Å². The van der Waals surface area contributed by atoms with Crippen LogP contribution in [0.3, 0.4) is 0 Å². The Kier molecular flexibility index (Phi) is 6.21. The van der Waals surface area contributed by atoms with Crippen LogP contribution >= 0.6 is 11.8 Å². The number of aromatic nitrogens is 3. The fourth-order valence-electron chi connectivity index (χ4n) is 2.13. The predicted octanol–water partition coefficient (Wildman–Crippen LogP) is 3.28. The first kappa shape index (κ1) is 17.5. The van der Waals surface area contributed by atoms with Gasteiger partial charge in [-0.15, -0.1) is 10.2 Å². The lowest BCUT2D eigenvalue weighted by molar-refractivity contribution is 0.0949. The van der Waals surface area contributed by atoms with E-state index < -0.39 is 0 Å². The maximum absolute atomic E-state index is 12.0. The van der Waals surface area contributed by atoms with Crippen LogP contribution in [0, 0.1) is 12.8 Å². The molecule has 0 aliphatic carbocycles. The maximum Gasteiger partial charge on any atom is 0.251 e. The summed E-state index contributed by atoms with van der Waals surface area (Å²) in [6.07, 6.45) is 0. The molecule has 2 aromatic rings. The number of carbonyl (C=O) groups is 1. The number of nitrogens with one attached hydrogen (secondary N) is 1. The Morgan fingerprint density at radius 2 is 1.96 bits per heavy atom. The number of hydrogen-bond acceptors (Lipinski definition) is 4. The highest BCUT2D eigenvalue weighted by Gasteiger charge is 2.09. The zero-order valence-electron chi connectivity index (χ0n) is 14.2. The second-order valence-electron chi connectivity index (χ2n) is 5.86. The van der Waals surface area contributed by atoms with Crippen LogP contribution in [-0.4, -0.2) is 27.2 Å². The third kappa shape index (κ3) is 4.82. The van der Waals surface area contributed by atoms with Crippen LogP contribution in [0.25, 0.3) is 0 Å². The minimum absolute atomic E-state index is 0.0146. The van der Waals surface area contributed by atoms with Crippen molar-refractivity contribution in [3.8, 4) is 0 Å². The molecule has 1 aromatic carbocycles. The first-order chi connectivity index (χ1) is 11.0. The van der Waals surface area contributed by atoms with Crippen molar-refractivity contribution in [2.75, 3.05) is 6.54 Å². The Morgan fingerprint density at radius 1 is 1.26 bits per heavy atom. The van der Waals surface area contributed by atoms with Gasteiger partial charge in [-0.1, -0.05) is 37.7 Å². The summed E-state index contributed by atoms with van der Waals surface area (Å²) in [5, 5.41) is 12.2. The number of rotatable bonds is 7. The van der Waals surface area contributed by atoms with E-state index in [0.717, 1.165) is 23.3 Å². The molecule has 0 radical (unpaired) electrons. The first-order valence-corrected chi connectivity index (χ1v) is 8.89. The fourth-order valence-corrected chi connectivity index (χ4v) is 3.14. The van der Waals surface area contributed by atoms with Gasteiger partial charge >= 0.3 is 0 Å². The lowest BCUT2D eigenvalue weighted by Gasteiger charge is -2.08. The second-order valence-corrected chi connectivity index (χ2v) is 6.81. The maximum atomic E-state index is 12.0. The first-order valence-electron chi connectivity index (χ1n) is 7.91. The average molecular weight is 332 g/mol. The molecule has 1 heterocycles. The van der Waals surface area contributed by atoms with Crippen LogP contribution in [-0.2, 0) is 12.3 Å². The van der Waals surface area contributed by atoms with Crippen molar-refractivity contribution < 1.29 is 4.79 Å². The highest BCUT2D eigenvalue weighted by molar-refractivity contribution is 7.98.